The number of hydrogen-bond acceptors (Lipinski definition) is 3. The van der Waals surface area contributed by atoms with Crippen molar-refractivity contribution in [3.05, 3.63) is 54.6 Å². The highest BCUT2D eigenvalue weighted by Gasteiger charge is 2.36. The Morgan fingerprint density at radius 2 is 2.12 bits per heavy atom. The Morgan fingerprint density at radius 1 is 1.28 bits per heavy atom. The third-order valence-electron chi connectivity index (χ3n) is 4.33. The summed E-state index contributed by atoms with van der Waals surface area (Å²) >= 11 is 0. The number of nitrogens with one attached hydrogen (secondary N) is 2. The average Bonchev–Trinajstić information content (AvgIpc) is 3.21. The largest absolute Gasteiger partial charge is 0.345 e. The van der Waals surface area contributed by atoms with Crippen molar-refractivity contribution in [2.45, 2.75) is 6.42 Å². The number of nitrogens with zero attached hydrogens (tertiary/aromatic N) is 2. The quantitative estimate of drug-likeness (QED) is 0.771. The number of benzene rings is 2. The van der Waals surface area contributed by atoms with Gasteiger partial charge in [-0.05, 0) is 30.3 Å². The van der Waals surface area contributed by atoms with Gasteiger partial charge in [0, 0.05) is 18.7 Å². The maximum Gasteiger partial charge on any atom is 0.229 e. The van der Waals surface area contributed by atoms with Crippen molar-refractivity contribution in [2.75, 3.05) is 16.8 Å². The number of anilines is 2. The summed E-state index contributed by atoms with van der Waals surface area (Å²) < 4.78 is 13.9. The van der Waals surface area contributed by atoms with Crippen molar-refractivity contribution >= 4 is 34.2 Å². The zero-order chi connectivity index (χ0) is 17.4. The molecule has 7 heteroatoms. The number of carbonyl (C=O) groups excluding carboxylic acids is 2. The first-order valence-corrected chi connectivity index (χ1v) is 7.91. The number of hydrogen-bond donors (Lipinski definition) is 2. The number of fused-ring (bicyclic) bond motifs is 1. The molecule has 0 unspecified atom stereocenters. The molecule has 1 saturated heterocycles. The summed E-state index contributed by atoms with van der Waals surface area (Å²) in [7, 11) is 0. The Kier molecular flexibility index (Phi) is 3.68. The lowest BCUT2D eigenvalue weighted by Crippen LogP contribution is -2.28. The molecular weight excluding hydrogens is 323 g/mol. The fourth-order valence-electron chi connectivity index (χ4n) is 3.04. The molecule has 4 rings (SSSR count). The molecule has 0 saturated carbocycles. The Balaban J connectivity index is 1.49. The molecule has 0 spiro atoms. The maximum absolute atomic E-state index is 13.9. The van der Waals surface area contributed by atoms with Gasteiger partial charge in [-0.25, -0.2) is 9.37 Å². The van der Waals surface area contributed by atoms with Crippen molar-refractivity contribution in [3.63, 3.8) is 0 Å². The van der Waals surface area contributed by atoms with Crippen LogP contribution in [0.2, 0.25) is 0 Å². The zero-order valence-electron chi connectivity index (χ0n) is 13.2. The lowest BCUT2D eigenvalue weighted by atomic mass is 10.1. The lowest BCUT2D eigenvalue weighted by Gasteiger charge is -2.17. The SMILES string of the molecule is O=C(Nc1ccc2nc[nH]c2c1)[C@H]1CC(=O)N(c2ccccc2F)C1. The molecule has 126 valence electrons. The van der Waals surface area contributed by atoms with Crippen molar-refractivity contribution in [2.24, 2.45) is 5.92 Å². The molecular formula is C18H15FN4O2. The van der Waals surface area contributed by atoms with Crippen molar-refractivity contribution < 1.29 is 14.0 Å². The first-order valence-electron chi connectivity index (χ1n) is 7.91. The van der Waals surface area contributed by atoms with Crippen LogP contribution in [-0.4, -0.2) is 28.3 Å². The number of aromatic nitrogens is 2. The second kappa shape index (κ2) is 6.01. The Labute approximate surface area is 142 Å². The van der Waals surface area contributed by atoms with Crippen LogP contribution in [0.4, 0.5) is 15.8 Å². The van der Waals surface area contributed by atoms with Crippen LogP contribution in [0.25, 0.3) is 11.0 Å². The van der Waals surface area contributed by atoms with E-state index < -0.39 is 11.7 Å². The number of carbonyl (C=O) groups is 2. The fraction of sp³-hybridized carbons (Fsp3) is 0.167. The molecule has 1 fully saturated rings. The third-order valence-corrected chi connectivity index (χ3v) is 4.33. The van der Waals surface area contributed by atoms with Gasteiger partial charge in [-0.3, -0.25) is 9.59 Å². The van der Waals surface area contributed by atoms with Crippen molar-refractivity contribution in [1.29, 1.82) is 0 Å². The average molecular weight is 338 g/mol. The van der Waals surface area contributed by atoms with E-state index in [0.717, 1.165) is 11.0 Å². The Hall–Kier alpha value is -3.22. The normalized spacial score (nSPS) is 17.2. The molecule has 2 N–H and O–H groups in total. The van der Waals surface area contributed by atoms with Crippen LogP contribution in [0.1, 0.15) is 6.42 Å². The van der Waals surface area contributed by atoms with E-state index in [4.69, 9.17) is 0 Å². The number of aromatic amines is 1. The van der Waals surface area contributed by atoms with Gasteiger partial charge in [0.1, 0.15) is 5.82 Å². The number of imidazole rings is 1. The minimum Gasteiger partial charge on any atom is -0.345 e. The van der Waals surface area contributed by atoms with E-state index in [2.05, 4.69) is 15.3 Å². The summed E-state index contributed by atoms with van der Waals surface area (Å²) in [4.78, 5) is 33.1. The number of H-pyrrole nitrogens is 1. The molecule has 0 bridgehead atoms. The highest BCUT2D eigenvalue weighted by molar-refractivity contribution is 6.04. The van der Waals surface area contributed by atoms with Crippen LogP contribution in [0.3, 0.4) is 0 Å². The van der Waals surface area contributed by atoms with Gasteiger partial charge in [-0.1, -0.05) is 12.1 Å². The Morgan fingerprint density at radius 3 is 2.96 bits per heavy atom. The van der Waals surface area contributed by atoms with Gasteiger partial charge in [0.2, 0.25) is 11.8 Å². The minimum absolute atomic E-state index is 0.0620. The summed E-state index contributed by atoms with van der Waals surface area (Å²) in [5, 5.41) is 2.81. The topological polar surface area (TPSA) is 78.1 Å². The van der Waals surface area contributed by atoms with Gasteiger partial charge in [0.15, 0.2) is 0 Å². The van der Waals surface area contributed by atoms with E-state index in [9.17, 15) is 14.0 Å². The van der Waals surface area contributed by atoms with Crippen LogP contribution in [-0.2, 0) is 9.59 Å². The lowest BCUT2D eigenvalue weighted by molar-refractivity contribution is -0.122. The monoisotopic (exact) mass is 338 g/mol. The van der Waals surface area contributed by atoms with E-state index in [0.29, 0.717) is 5.69 Å². The van der Waals surface area contributed by atoms with Crippen LogP contribution in [0.5, 0.6) is 0 Å². The molecule has 6 nitrogen and oxygen atoms in total. The van der Waals surface area contributed by atoms with Gasteiger partial charge in [-0.15, -0.1) is 0 Å². The number of halogens is 1. The number of rotatable bonds is 3. The van der Waals surface area contributed by atoms with Gasteiger partial charge < -0.3 is 15.2 Å². The summed E-state index contributed by atoms with van der Waals surface area (Å²) in [6.45, 7) is 0.165. The first kappa shape index (κ1) is 15.3. The first-order chi connectivity index (χ1) is 12.1. The highest BCUT2D eigenvalue weighted by atomic mass is 19.1. The van der Waals surface area contributed by atoms with Crippen LogP contribution >= 0.6 is 0 Å². The fourth-order valence-corrected chi connectivity index (χ4v) is 3.04. The number of para-hydroxylation sites is 1. The van der Waals surface area contributed by atoms with Gasteiger partial charge in [0.05, 0.1) is 29.0 Å². The molecule has 3 aromatic rings. The molecule has 1 aliphatic rings. The van der Waals surface area contributed by atoms with Crippen molar-refractivity contribution in [3.8, 4) is 0 Å². The van der Waals surface area contributed by atoms with Gasteiger partial charge >= 0.3 is 0 Å². The van der Waals surface area contributed by atoms with E-state index in [-0.39, 0.29) is 30.5 Å². The molecule has 1 atom stereocenters. The van der Waals surface area contributed by atoms with E-state index in [1.165, 1.54) is 11.0 Å². The molecule has 0 aliphatic carbocycles. The maximum atomic E-state index is 13.9. The summed E-state index contributed by atoms with van der Waals surface area (Å²) in [5.41, 5.74) is 2.45. The van der Waals surface area contributed by atoms with Gasteiger partial charge in [-0.2, -0.15) is 0 Å². The minimum atomic E-state index is -0.524. The van der Waals surface area contributed by atoms with Gasteiger partial charge in [0.25, 0.3) is 0 Å². The van der Waals surface area contributed by atoms with Crippen LogP contribution in [0, 0.1) is 11.7 Å². The summed E-state index contributed by atoms with van der Waals surface area (Å²) in [6.07, 6.45) is 1.64. The molecule has 2 heterocycles. The summed E-state index contributed by atoms with van der Waals surface area (Å²) in [6, 6.07) is 11.4. The second-order valence-corrected chi connectivity index (χ2v) is 5.98. The standard InChI is InChI=1S/C18H15FN4O2/c19-13-3-1-2-4-16(13)23-9-11(7-17(23)24)18(25)22-12-5-6-14-15(8-12)21-10-20-14/h1-6,8,10-11H,7,9H2,(H,20,21)(H,22,25)/t11-/m0/s1. The smallest absolute Gasteiger partial charge is 0.229 e. The highest BCUT2D eigenvalue weighted by Crippen LogP contribution is 2.28. The van der Waals surface area contributed by atoms with Crippen molar-refractivity contribution in [1.82, 2.24) is 9.97 Å². The second-order valence-electron chi connectivity index (χ2n) is 5.98. The Bertz CT molecular complexity index is 968. The van der Waals surface area contributed by atoms with E-state index in [1.54, 1.807) is 42.7 Å². The molecule has 0 radical (unpaired) electrons. The molecule has 2 aromatic carbocycles. The third kappa shape index (κ3) is 2.84. The molecule has 25 heavy (non-hydrogen) atoms. The van der Waals surface area contributed by atoms with E-state index in [1.807, 2.05) is 0 Å². The molecule has 1 aromatic heterocycles. The summed E-state index contributed by atoms with van der Waals surface area (Å²) in [5.74, 6) is -1.51. The number of amides is 2. The van der Waals surface area contributed by atoms with Crippen LogP contribution < -0.4 is 10.2 Å². The molecule has 1 aliphatic heterocycles. The zero-order valence-corrected chi connectivity index (χ0v) is 13.2. The van der Waals surface area contributed by atoms with Crippen LogP contribution in [0.15, 0.2) is 48.8 Å². The predicted molar refractivity (Wildman–Crippen MR) is 91.6 cm³/mol. The van der Waals surface area contributed by atoms with E-state index >= 15 is 0 Å². The molecule has 2 amide bonds. The predicted octanol–water partition coefficient (Wildman–Crippen LogP) is 2.69.